The number of nitrogens with zero attached hydrogens (tertiary/aromatic N) is 1. The summed E-state index contributed by atoms with van der Waals surface area (Å²) in [6, 6.07) is 3.73. The van der Waals surface area contributed by atoms with Crippen LogP contribution >= 0.6 is 0 Å². The molecule has 78 valence electrons. The van der Waals surface area contributed by atoms with E-state index in [0.717, 1.165) is 25.2 Å². The molecule has 1 heterocycles. The largest absolute Gasteiger partial charge is 0.488 e. The van der Waals surface area contributed by atoms with E-state index in [1.165, 1.54) is 0 Å². The Morgan fingerprint density at radius 1 is 1.29 bits per heavy atom. The van der Waals surface area contributed by atoms with Gasteiger partial charge in [-0.3, -0.25) is 0 Å². The standard InChI is InChI=1S/C11H17NO2/c1-3-5-9-14-10-7-6-8-12-11(10)13-4-2/h6-8H,3-5,9H2,1-2H3. The molecular weight excluding hydrogens is 178 g/mol. The molecule has 3 heteroatoms. The van der Waals surface area contributed by atoms with E-state index >= 15 is 0 Å². The predicted octanol–water partition coefficient (Wildman–Crippen LogP) is 2.66. The fraction of sp³-hybridized carbons (Fsp3) is 0.545. The summed E-state index contributed by atoms with van der Waals surface area (Å²) in [6.07, 6.45) is 3.89. The maximum Gasteiger partial charge on any atom is 0.256 e. The molecule has 0 aliphatic heterocycles. The number of unbranched alkanes of at least 4 members (excludes halogenated alkanes) is 1. The zero-order chi connectivity index (χ0) is 10.2. The third-order valence-corrected chi connectivity index (χ3v) is 1.77. The molecule has 3 nitrogen and oxygen atoms in total. The summed E-state index contributed by atoms with van der Waals surface area (Å²) in [5.74, 6) is 1.33. The Morgan fingerprint density at radius 3 is 2.86 bits per heavy atom. The average Bonchev–Trinajstić information content (AvgIpc) is 2.21. The van der Waals surface area contributed by atoms with Crippen molar-refractivity contribution in [1.29, 1.82) is 0 Å². The summed E-state index contributed by atoms with van der Waals surface area (Å²) in [4.78, 5) is 4.10. The third kappa shape index (κ3) is 3.24. The van der Waals surface area contributed by atoms with Crippen LogP contribution < -0.4 is 9.47 Å². The van der Waals surface area contributed by atoms with Gasteiger partial charge < -0.3 is 9.47 Å². The summed E-state index contributed by atoms with van der Waals surface area (Å²) in [5, 5.41) is 0. The van der Waals surface area contributed by atoms with Crippen LogP contribution in [0.2, 0.25) is 0 Å². The Bertz CT molecular complexity index is 263. The second kappa shape index (κ2) is 6.24. The van der Waals surface area contributed by atoms with Crippen molar-refractivity contribution in [2.45, 2.75) is 26.7 Å². The minimum Gasteiger partial charge on any atom is -0.488 e. The molecule has 1 aromatic rings. The number of pyridine rings is 1. The molecule has 0 fully saturated rings. The molecule has 0 aliphatic rings. The number of aromatic nitrogens is 1. The third-order valence-electron chi connectivity index (χ3n) is 1.77. The molecule has 14 heavy (non-hydrogen) atoms. The van der Waals surface area contributed by atoms with E-state index in [0.29, 0.717) is 12.5 Å². The van der Waals surface area contributed by atoms with Gasteiger partial charge in [-0.05, 0) is 25.5 Å². The molecule has 1 rings (SSSR count). The van der Waals surface area contributed by atoms with Crippen LogP contribution in [0.15, 0.2) is 18.3 Å². The minimum atomic E-state index is 0.589. The van der Waals surface area contributed by atoms with E-state index < -0.39 is 0 Å². The van der Waals surface area contributed by atoms with Gasteiger partial charge in [0.15, 0.2) is 5.75 Å². The lowest BCUT2D eigenvalue weighted by atomic mass is 10.3. The van der Waals surface area contributed by atoms with E-state index in [2.05, 4.69) is 11.9 Å². The number of rotatable bonds is 6. The first kappa shape index (κ1) is 10.8. The van der Waals surface area contributed by atoms with Crippen LogP contribution in [0.4, 0.5) is 0 Å². The first-order valence-electron chi connectivity index (χ1n) is 5.09. The highest BCUT2D eigenvalue weighted by Gasteiger charge is 2.03. The Labute approximate surface area is 85.1 Å². The van der Waals surface area contributed by atoms with Crippen LogP contribution in [0.5, 0.6) is 11.6 Å². The van der Waals surface area contributed by atoms with Crippen molar-refractivity contribution in [3.63, 3.8) is 0 Å². The Balaban J connectivity index is 2.55. The van der Waals surface area contributed by atoms with Crippen molar-refractivity contribution >= 4 is 0 Å². The molecule has 1 aromatic heterocycles. The van der Waals surface area contributed by atoms with Crippen molar-refractivity contribution in [3.05, 3.63) is 18.3 Å². The Hall–Kier alpha value is -1.25. The van der Waals surface area contributed by atoms with Gasteiger partial charge in [-0.25, -0.2) is 4.98 Å². The van der Waals surface area contributed by atoms with E-state index in [9.17, 15) is 0 Å². The van der Waals surface area contributed by atoms with E-state index in [1.807, 2.05) is 19.1 Å². The van der Waals surface area contributed by atoms with Gasteiger partial charge in [0.2, 0.25) is 0 Å². The monoisotopic (exact) mass is 195 g/mol. The number of hydrogen-bond acceptors (Lipinski definition) is 3. The van der Waals surface area contributed by atoms with E-state index in [-0.39, 0.29) is 0 Å². The molecule has 0 spiro atoms. The van der Waals surface area contributed by atoms with Gasteiger partial charge in [0.05, 0.1) is 13.2 Å². The van der Waals surface area contributed by atoms with Crippen molar-refractivity contribution in [1.82, 2.24) is 4.98 Å². The molecule has 0 unspecified atom stereocenters. The first-order chi connectivity index (χ1) is 6.88. The van der Waals surface area contributed by atoms with Gasteiger partial charge in [0.25, 0.3) is 5.88 Å². The fourth-order valence-electron chi connectivity index (χ4n) is 1.06. The summed E-state index contributed by atoms with van der Waals surface area (Å²) in [7, 11) is 0. The molecule has 0 amide bonds. The molecule has 0 N–H and O–H groups in total. The van der Waals surface area contributed by atoms with E-state index in [1.54, 1.807) is 6.20 Å². The maximum absolute atomic E-state index is 5.54. The molecular formula is C11H17NO2. The smallest absolute Gasteiger partial charge is 0.256 e. The van der Waals surface area contributed by atoms with Crippen LogP contribution in [0.1, 0.15) is 26.7 Å². The van der Waals surface area contributed by atoms with Gasteiger partial charge in [0, 0.05) is 6.20 Å². The lowest BCUT2D eigenvalue weighted by molar-refractivity contribution is 0.265. The lowest BCUT2D eigenvalue weighted by Gasteiger charge is -2.09. The van der Waals surface area contributed by atoms with Gasteiger partial charge >= 0.3 is 0 Å². The maximum atomic E-state index is 5.54. The molecule has 0 aromatic carbocycles. The van der Waals surface area contributed by atoms with Crippen LogP contribution in [-0.2, 0) is 0 Å². The van der Waals surface area contributed by atoms with Crippen molar-refractivity contribution < 1.29 is 9.47 Å². The van der Waals surface area contributed by atoms with Crippen molar-refractivity contribution in [3.8, 4) is 11.6 Å². The molecule has 0 saturated carbocycles. The fourth-order valence-corrected chi connectivity index (χ4v) is 1.06. The van der Waals surface area contributed by atoms with Gasteiger partial charge in [-0.2, -0.15) is 0 Å². The predicted molar refractivity (Wildman–Crippen MR) is 55.8 cm³/mol. The lowest BCUT2D eigenvalue weighted by Crippen LogP contribution is -2.01. The van der Waals surface area contributed by atoms with E-state index in [4.69, 9.17) is 9.47 Å². The van der Waals surface area contributed by atoms with Crippen LogP contribution in [0, 0.1) is 0 Å². The molecule has 0 bridgehead atoms. The summed E-state index contributed by atoms with van der Waals surface area (Å²) >= 11 is 0. The second-order valence-corrected chi connectivity index (χ2v) is 2.94. The second-order valence-electron chi connectivity index (χ2n) is 2.94. The SMILES string of the molecule is CCCCOc1cccnc1OCC. The van der Waals surface area contributed by atoms with Crippen LogP contribution in [0.3, 0.4) is 0 Å². The highest BCUT2D eigenvalue weighted by Crippen LogP contribution is 2.23. The Morgan fingerprint density at radius 2 is 2.14 bits per heavy atom. The van der Waals surface area contributed by atoms with Crippen LogP contribution in [-0.4, -0.2) is 18.2 Å². The molecule has 0 saturated heterocycles. The number of hydrogen-bond donors (Lipinski definition) is 0. The zero-order valence-electron chi connectivity index (χ0n) is 8.82. The van der Waals surface area contributed by atoms with Crippen molar-refractivity contribution in [2.75, 3.05) is 13.2 Å². The van der Waals surface area contributed by atoms with Crippen molar-refractivity contribution in [2.24, 2.45) is 0 Å². The van der Waals surface area contributed by atoms with Gasteiger partial charge in [-0.15, -0.1) is 0 Å². The molecule has 0 aliphatic carbocycles. The summed E-state index contributed by atoms with van der Waals surface area (Å²) in [6.45, 7) is 5.41. The molecule has 0 radical (unpaired) electrons. The zero-order valence-corrected chi connectivity index (χ0v) is 8.82. The van der Waals surface area contributed by atoms with Gasteiger partial charge in [-0.1, -0.05) is 13.3 Å². The Kier molecular flexibility index (Phi) is 4.83. The summed E-state index contributed by atoms with van der Waals surface area (Å²) in [5.41, 5.74) is 0. The normalized spacial score (nSPS) is 9.86. The first-order valence-corrected chi connectivity index (χ1v) is 5.09. The minimum absolute atomic E-state index is 0.589. The summed E-state index contributed by atoms with van der Waals surface area (Å²) < 4.78 is 10.9. The van der Waals surface area contributed by atoms with Crippen LogP contribution in [0.25, 0.3) is 0 Å². The topological polar surface area (TPSA) is 31.4 Å². The quantitative estimate of drug-likeness (QED) is 0.654. The molecule has 0 atom stereocenters. The number of ether oxygens (including phenoxy) is 2. The highest BCUT2D eigenvalue weighted by atomic mass is 16.5. The average molecular weight is 195 g/mol. The van der Waals surface area contributed by atoms with Gasteiger partial charge in [0.1, 0.15) is 0 Å². The highest BCUT2D eigenvalue weighted by molar-refractivity contribution is 5.32.